The summed E-state index contributed by atoms with van der Waals surface area (Å²) in [5.74, 6) is 0.885. The molecule has 5 atom stereocenters. The van der Waals surface area contributed by atoms with Gasteiger partial charge in [-0.3, -0.25) is 0 Å². The van der Waals surface area contributed by atoms with Crippen molar-refractivity contribution in [2.24, 2.45) is 5.92 Å². The molecule has 1 aliphatic carbocycles. The Morgan fingerprint density at radius 2 is 2.14 bits per heavy atom. The van der Waals surface area contributed by atoms with E-state index in [1.165, 1.54) is 0 Å². The summed E-state index contributed by atoms with van der Waals surface area (Å²) in [6.07, 6.45) is 6.09. The first kappa shape index (κ1) is 23.1. The molecule has 156 valence electrons. The highest BCUT2D eigenvalue weighted by Gasteiger charge is 2.49. The third kappa shape index (κ3) is 5.03. The van der Waals surface area contributed by atoms with Gasteiger partial charge in [0.25, 0.3) is 0 Å². The van der Waals surface area contributed by atoms with E-state index in [9.17, 15) is 15.3 Å². The molecule has 5 nitrogen and oxygen atoms in total. The number of halogens is 1. The SMILES string of the molecule is C=O.CCCCC[C@@H](O)/C(Br)=C/[C@@H]1[C@H]2c3cccc(CCO)c3O[C@H]2C[C@H]1O. The normalized spacial score (nSPS) is 26.7. The number of para-hydroxylation sites is 1. The van der Waals surface area contributed by atoms with Gasteiger partial charge in [0.05, 0.1) is 12.2 Å². The second kappa shape index (κ2) is 11.1. The van der Waals surface area contributed by atoms with Gasteiger partial charge in [0, 0.05) is 34.9 Å². The lowest BCUT2D eigenvalue weighted by atomic mass is 9.86. The number of carbonyl (C=O) groups excluding carboxylic acids is 1. The van der Waals surface area contributed by atoms with Crippen molar-refractivity contribution in [1.29, 1.82) is 0 Å². The molecule has 1 aromatic carbocycles. The van der Waals surface area contributed by atoms with E-state index in [0.717, 1.165) is 47.0 Å². The van der Waals surface area contributed by atoms with E-state index in [2.05, 4.69) is 28.9 Å². The zero-order chi connectivity index (χ0) is 20.7. The largest absolute Gasteiger partial charge is 0.489 e. The molecule has 3 rings (SSSR count). The Labute approximate surface area is 175 Å². The average molecular weight is 455 g/mol. The van der Waals surface area contributed by atoms with Crippen LogP contribution in [-0.2, 0) is 11.2 Å². The van der Waals surface area contributed by atoms with Crippen molar-refractivity contribution in [2.75, 3.05) is 6.61 Å². The number of benzene rings is 1. The molecule has 1 saturated carbocycles. The highest BCUT2D eigenvalue weighted by molar-refractivity contribution is 9.11. The lowest BCUT2D eigenvalue weighted by Gasteiger charge is -2.19. The van der Waals surface area contributed by atoms with Gasteiger partial charge >= 0.3 is 0 Å². The summed E-state index contributed by atoms with van der Waals surface area (Å²) < 4.78 is 6.92. The first-order chi connectivity index (χ1) is 13.6. The van der Waals surface area contributed by atoms with Crippen LogP contribution >= 0.6 is 15.9 Å². The van der Waals surface area contributed by atoms with Crippen molar-refractivity contribution in [1.82, 2.24) is 0 Å². The highest BCUT2D eigenvalue weighted by atomic mass is 79.9. The maximum atomic E-state index is 10.6. The molecule has 0 amide bonds. The number of hydrogen-bond donors (Lipinski definition) is 3. The third-order valence-corrected chi connectivity index (χ3v) is 6.41. The number of carbonyl (C=O) groups is 1. The van der Waals surface area contributed by atoms with Gasteiger partial charge in [0.15, 0.2) is 0 Å². The van der Waals surface area contributed by atoms with Gasteiger partial charge in [-0.05, 0) is 18.4 Å². The standard InChI is InChI=1S/C21H29BrO4.CH2O/c1-2-3-4-8-17(24)16(22)11-15-18(25)12-19-20(15)14-7-5-6-13(9-10-23)21(14)26-19;1-2/h5-7,11,15,17-20,23-25H,2-4,8-10,12H2,1H3;1H2/b16-11-;/t15-,17+,18+,19-,20+;/m0./s1. The highest BCUT2D eigenvalue weighted by Crippen LogP contribution is 2.52. The molecule has 2 aliphatic rings. The van der Waals surface area contributed by atoms with Crippen LogP contribution in [0.2, 0.25) is 0 Å². The van der Waals surface area contributed by atoms with Crippen LogP contribution in [-0.4, -0.2) is 47.0 Å². The molecule has 1 fully saturated rings. The van der Waals surface area contributed by atoms with Crippen molar-refractivity contribution in [2.45, 2.75) is 69.7 Å². The van der Waals surface area contributed by atoms with E-state index in [0.29, 0.717) is 12.8 Å². The molecule has 1 aromatic rings. The molecule has 0 radical (unpaired) electrons. The second-order valence-electron chi connectivity index (χ2n) is 7.43. The smallest absolute Gasteiger partial charge is 0.126 e. The summed E-state index contributed by atoms with van der Waals surface area (Å²) in [6, 6.07) is 6.05. The van der Waals surface area contributed by atoms with Crippen molar-refractivity contribution in [3.05, 3.63) is 39.9 Å². The predicted molar refractivity (Wildman–Crippen MR) is 113 cm³/mol. The lowest BCUT2D eigenvalue weighted by Crippen LogP contribution is -2.18. The van der Waals surface area contributed by atoms with Crippen LogP contribution < -0.4 is 4.74 Å². The molecular weight excluding hydrogens is 424 g/mol. The van der Waals surface area contributed by atoms with Crippen molar-refractivity contribution in [3.63, 3.8) is 0 Å². The molecule has 0 aromatic heterocycles. The zero-order valence-corrected chi connectivity index (χ0v) is 18.0. The van der Waals surface area contributed by atoms with Crippen LogP contribution in [0.5, 0.6) is 5.75 Å². The monoisotopic (exact) mass is 454 g/mol. The quantitative estimate of drug-likeness (QED) is 0.523. The number of aliphatic hydroxyl groups is 3. The fourth-order valence-corrected chi connectivity index (χ4v) is 4.81. The Bertz CT molecular complexity index is 662. The molecule has 28 heavy (non-hydrogen) atoms. The van der Waals surface area contributed by atoms with Crippen LogP contribution in [0.25, 0.3) is 0 Å². The summed E-state index contributed by atoms with van der Waals surface area (Å²) in [5, 5.41) is 30.2. The minimum absolute atomic E-state index is 0.0429. The predicted octanol–water partition coefficient (Wildman–Crippen LogP) is 3.48. The molecule has 3 N–H and O–H groups in total. The number of fused-ring (bicyclic) bond motifs is 3. The Kier molecular flexibility index (Phi) is 9.15. The zero-order valence-electron chi connectivity index (χ0n) is 16.4. The van der Waals surface area contributed by atoms with Gasteiger partial charge in [-0.15, -0.1) is 0 Å². The second-order valence-corrected chi connectivity index (χ2v) is 8.35. The van der Waals surface area contributed by atoms with Gasteiger partial charge in [-0.2, -0.15) is 0 Å². The van der Waals surface area contributed by atoms with Gasteiger partial charge in [-0.25, -0.2) is 0 Å². The van der Waals surface area contributed by atoms with Crippen LogP contribution in [0.15, 0.2) is 28.8 Å². The molecule has 6 heteroatoms. The van der Waals surface area contributed by atoms with E-state index in [-0.39, 0.29) is 24.5 Å². The number of aliphatic hydroxyl groups excluding tert-OH is 3. The summed E-state index contributed by atoms with van der Waals surface area (Å²) in [6.45, 7) is 4.24. The van der Waals surface area contributed by atoms with E-state index in [4.69, 9.17) is 9.53 Å². The van der Waals surface area contributed by atoms with Crippen LogP contribution in [0, 0.1) is 5.92 Å². The summed E-state index contributed by atoms with van der Waals surface area (Å²) in [5.41, 5.74) is 2.13. The summed E-state index contributed by atoms with van der Waals surface area (Å²) >= 11 is 3.54. The number of hydrogen-bond acceptors (Lipinski definition) is 5. The fraction of sp³-hybridized carbons (Fsp3) is 0.591. The molecule has 0 spiro atoms. The maximum Gasteiger partial charge on any atom is 0.126 e. The Morgan fingerprint density at radius 3 is 2.82 bits per heavy atom. The van der Waals surface area contributed by atoms with Crippen LogP contribution in [0.4, 0.5) is 0 Å². The Morgan fingerprint density at radius 1 is 1.39 bits per heavy atom. The van der Waals surface area contributed by atoms with Gasteiger partial charge in [0.2, 0.25) is 0 Å². The van der Waals surface area contributed by atoms with Crippen molar-refractivity contribution >= 4 is 22.7 Å². The maximum absolute atomic E-state index is 10.6. The first-order valence-corrected chi connectivity index (χ1v) is 10.8. The lowest BCUT2D eigenvalue weighted by molar-refractivity contribution is -0.0980. The first-order valence-electron chi connectivity index (χ1n) is 9.98. The van der Waals surface area contributed by atoms with Crippen LogP contribution in [0.1, 0.15) is 56.1 Å². The molecule has 1 heterocycles. The minimum Gasteiger partial charge on any atom is -0.489 e. The summed E-state index contributed by atoms with van der Waals surface area (Å²) in [4.78, 5) is 8.00. The Hall–Kier alpha value is -1.21. The van der Waals surface area contributed by atoms with E-state index >= 15 is 0 Å². The molecule has 0 bridgehead atoms. The average Bonchev–Trinajstić information content (AvgIpc) is 3.20. The fourth-order valence-electron chi connectivity index (χ4n) is 4.27. The summed E-state index contributed by atoms with van der Waals surface area (Å²) in [7, 11) is 0. The minimum atomic E-state index is -0.518. The number of rotatable bonds is 8. The molecule has 0 unspecified atom stereocenters. The van der Waals surface area contributed by atoms with E-state index in [1.807, 2.05) is 25.0 Å². The van der Waals surface area contributed by atoms with Gasteiger partial charge < -0.3 is 24.9 Å². The third-order valence-electron chi connectivity index (χ3n) is 5.62. The van der Waals surface area contributed by atoms with E-state index in [1.54, 1.807) is 0 Å². The van der Waals surface area contributed by atoms with Crippen LogP contribution in [0.3, 0.4) is 0 Å². The van der Waals surface area contributed by atoms with Gasteiger partial charge in [0.1, 0.15) is 18.6 Å². The van der Waals surface area contributed by atoms with Crippen molar-refractivity contribution < 1.29 is 24.9 Å². The van der Waals surface area contributed by atoms with Gasteiger partial charge in [-0.1, -0.05) is 66.4 Å². The topological polar surface area (TPSA) is 87.0 Å². The van der Waals surface area contributed by atoms with E-state index < -0.39 is 12.2 Å². The van der Waals surface area contributed by atoms with Crippen molar-refractivity contribution in [3.8, 4) is 5.75 Å². The Balaban J connectivity index is 0.00000136. The molecule has 0 saturated heterocycles. The number of unbranched alkanes of at least 4 members (excludes halogenated alkanes) is 2. The molecule has 1 aliphatic heterocycles. The molecular formula is C22H31BrO5. The number of ether oxygens (including phenoxy) is 1.